The molecule has 1 aromatic rings. The van der Waals surface area contributed by atoms with Crippen molar-refractivity contribution < 1.29 is 4.79 Å². The molecule has 1 fully saturated rings. The minimum absolute atomic E-state index is 0.0441. The third-order valence-corrected chi connectivity index (χ3v) is 3.69. The first-order valence-electron chi connectivity index (χ1n) is 6.58. The molecule has 2 heterocycles. The number of nitrogens with one attached hydrogen (secondary N) is 1. The van der Waals surface area contributed by atoms with Gasteiger partial charge in [0.2, 0.25) is 0 Å². The number of hydrazine groups is 1. The monoisotopic (exact) mass is 263 g/mol. The molecular formula is C13H21N5O. The molecule has 0 aromatic carbocycles. The lowest BCUT2D eigenvalue weighted by Gasteiger charge is -2.39. The number of nitrogens with two attached hydrogens (primary N) is 1. The quantitative estimate of drug-likeness (QED) is 0.615. The van der Waals surface area contributed by atoms with E-state index in [9.17, 15) is 4.79 Å². The topological polar surface area (TPSA) is 74.5 Å². The molecule has 2 rings (SSSR count). The maximum Gasteiger partial charge on any atom is 0.255 e. The number of carbonyl (C=O) groups is 1. The highest BCUT2D eigenvalue weighted by Crippen LogP contribution is 2.14. The van der Waals surface area contributed by atoms with Crippen LogP contribution in [0, 0.1) is 0 Å². The molecule has 104 valence electrons. The molecule has 1 unspecified atom stereocenters. The van der Waals surface area contributed by atoms with E-state index in [0.717, 1.165) is 26.1 Å². The summed E-state index contributed by atoms with van der Waals surface area (Å²) in [6.45, 7) is 4.62. The lowest BCUT2D eigenvalue weighted by Crippen LogP contribution is -2.52. The van der Waals surface area contributed by atoms with E-state index >= 15 is 0 Å². The van der Waals surface area contributed by atoms with Crippen molar-refractivity contribution in [2.24, 2.45) is 5.84 Å². The Kier molecular flexibility index (Phi) is 4.34. The summed E-state index contributed by atoms with van der Waals surface area (Å²) in [4.78, 5) is 20.7. The number of amides is 1. The maximum atomic E-state index is 12.4. The van der Waals surface area contributed by atoms with Gasteiger partial charge in [0.05, 0.1) is 5.56 Å². The largest absolute Gasteiger partial charge is 0.336 e. The number of nitrogen functional groups attached to an aromatic ring is 1. The first-order chi connectivity index (χ1) is 9.15. The van der Waals surface area contributed by atoms with Crippen LogP contribution in [-0.4, -0.2) is 53.4 Å². The Balaban J connectivity index is 2.06. The van der Waals surface area contributed by atoms with Crippen LogP contribution in [0.1, 0.15) is 23.7 Å². The number of hydrogen-bond acceptors (Lipinski definition) is 5. The van der Waals surface area contributed by atoms with Crippen LogP contribution in [0.5, 0.6) is 0 Å². The molecule has 1 saturated heterocycles. The minimum atomic E-state index is 0.0441. The number of hydrogen-bond donors (Lipinski definition) is 2. The van der Waals surface area contributed by atoms with Gasteiger partial charge < -0.3 is 10.3 Å². The van der Waals surface area contributed by atoms with E-state index in [4.69, 9.17) is 5.84 Å². The number of anilines is 1. The van der Waals surface area contributed by atoms with E-state index in [1.165, 1.54) is 0 Å². The van der Waals surface area contributed by atoms with Gasteiger partial charge in [-0.2, -0.15) is 0 Å². The van der Waals surface area contributed by atoms with Crippen molar-refractivity contribution in [1.29, 1.82) is 0 Å². The SMILES string of the molecule is CCC1CN(C(=O)c2ccc(NN)nc2)CCN1C. The highest BCUT2D eigenvalue weighted by Gasteiger charge is 2.26. The fourth-order valence-electron chi connectivity index (χ4n) is 2.36. The molecule has 19 heavy (non-hydrogen) atoms. The minimum Gasteiger partial charge on any atom is -0.336 e. The first kappa shape index (κ1) is 13.8. The molecule has 6 nitrogen and oxygen atoms in total. The Bertz CT molecular complexity index is 433. The zero-order valence-electron chi connectivity index (χ0n) is 11.5. The molecule has 0 saturated carbocycles. The second-order valence-electron chi connectivity index (χ2n) is 4.87. The normalized spacial score (nSPS) is 20.4. The molecular weight excluding hydrogens is 242 g/mol. The highest BCUT2D eigenvalue weighted by molar-refractivity contribution is 5.94. The number of piperazine rings is 1. The molecule has 0 radical (unpaired) electrons. The predicted octanol–water partition coefficient (Wildman–Crippen LogP) is 0.533. The van der Waals surface area contributed by atoms with Gasteiger partial charge in [0.25, 0.3) is 5.91 Å². The second-order valence-corrected chi connectivity index (χ2v) is 4.87. The van der Waals surface area contributed by atoms with E-state index in [-0.39, 0.29) is 5.91 Å². The Morgan fingerprint density at radius 3 is 2.89 bits per heavy atom. The first-order valence-corrected chi connectivity index (χ1v) is 6.58. The Morgan fingerprint density at radius 2 is 2.32 bits per heavy atom. The zero-order valence-corrected chi connectivity index (χ0v) is 11.5. The Morgan fingerprint density at radius 1 is 1.53 bits per heavy atom. The van der Waals surface area contributed by atoms with Gasteiger partial charge in [0.15, 0.2) is 0 Å². The molecule has 0 spiro atoms. The molecule has 1 amide bonds. The molecule has 1 aliphatic rings. The third kappa shape index (κ3) is 3.02. The molecule has 1 aliphatic heterocycles. The van der Waals surface area contributed by atoms with Gasteiger partial charge in [-0.05, 0) is 25.6 Å². The number of likely N-dealkylation sites (N-methyl/N-ethyl adjacent to an activating group) is 1. The smallest absolute Gasteiger partial charge is 0.255 e. The number of rotatable bonds is 3. The average molecular weight is 263 g/mol. The van der Waals surface area contributed by atoms with E-state index in [2.05, 4.69) is 29.3 Å². The molecule has 0 bridgehead atoms. The summed E-state index contributed by atoms with van der Waals surface area (Å²) in [5, 5.41) is 0. The van der Waals surface area contributed by atoms with Gasteiger partial charge in [-0.15, -0.1) is 0 Å². The van der Waals surface area contributed by atoms with Crippen molar-refractivity contribution in [3.05, 3.63) is 23.9 Å². The van der Waals surface area contributed by atoms with Crippen LogP contribution < -0.4 is 11.3 Å². The van der Waals surface area contributed by atoms with E-state index in [1.54, 1.807) is 18.3 Å². The van der Waals surface area contributed by atoms with Crippen molar-refractivity contribution in [2.45, 2.75) is 19.4 Å². The van der Waals surface area contributed by atoms with Gasteiger partial charge in [0, 0.05) is 31.9 Å². The van der Waals surface area contributed by atoms with Gasteiger partial charge in [-0.3, -0.25) is 9.69 Å². The number of pyridine rings is 1. The molecule has 1 aromatic heterocycles. The molecule has 6 heteroatoms. The van der Waals surface area contributed by atoms with Crippen LogP contribution in [0.3, 0.4) is 0 Å². The van der Waals surface area contributed by atoms with Crippen LogP contribution in [-0.2, 0) is 0 Å². The average Bonchev–Trinajstić information content (AvgIpc) is 2.47. The Hall–Kier alpha value is -1.66. The summed E-state index contributed by atoms with van der Waals surface area (Å²) in [5.41, 5.74) is 3.06. The van der Waals surface area contributed by atoms with Crippen molar-refractivity contribution >= 4 is 11.7 Å². The summed E-state index contributed by atoms with van der Waals surface area (Å²) in [7, 11) is 2.11. The molecule has 1 atom stereocenters. The van der Waals surface area contributed by atoms with Gasteiger partial charge in [-0.25, -0.2) is 10.8 Å². The lowest BCUT2D eigenvalue weighted by molar-refractivity contribution is 0.0541. The van der Waals surface area contributed by atoms with Crippen LogP contribution in [0.25, 0.3) is 0 Å². The highest BCUT2D eigenvalue weighted by atomic mass is 16.2. The summed E-state index contributed by atoms with van der Waals surface area (Å²) in [5.74, 6) is 5.86. The maximum absolute atomic E-state index is 12.4. The van der Waals surface area contributed by atoms with Crippen LogP contribution in [0.15, 0.2) is 18.3 Å². The second kappa shape index (κ2) is 5.99. The van der Waals surface area contributed by atoms with Crippen LogP contribution in [0.2, 0.25) is 0 Å². The zero-order chi connectivity index (χ0) is 13.8. The molecule has 0 aliphatic carbocycles. The van der Waals surface area contributed by atoms with Crippen molar-refractivity contribution in [2.75, 3.05) is 32.1 Å². The van der Waals surface area contributed by atoms with E-state index in [0.29, 0.717) is 17.4 Å². The summed E-state index contributed by atoms with van der Waals surface area (Å²) in [6.07, 6.45) is 2.62. The standard InChI is InChI=1S/C13H21N5O/c1-3-11-9-18(7-6-17(11)2)13(19)10-4-5-12(16-14)15-8-10/h4-5,8,11H,3,6-7,9,14H2,1-2H3,(H,15,16). The summed E-state index contributed by atoms with van der Waals surface area (Å²) >= 11 is 0. The predicted molar refractivity (Wildman–Crippen MR) is 74.7 cm³/mol. The number of carbonyl (C=O) groups excluding carboxylic acids is 1. The van der Waals surface area contributed by atoms with Crippen LogP contribution >= 0.6 is 0 Å². The van der Waals surface area contributed by atoms with Crippen LogP contribution in [0.4, 0.5) is 5.82 Å². The van der Waals surface area contributed by atoms with Crippen molar-refractivity contribution in [3.8, 4) is 0 Å². The lowest BCUT2D eigenvalue weighted by atomic mass is 10.1. The van der Waals surface area contributed by atoms with Crippen molar-refractivity contribution in [3.63, 3.8) is 0 Å². The fourth-order valence-corrected chi connectivity index (χ4v) is 2.36. The number of nitrogens with zero attached hydrogens (tertiary/aromatic N) is 3. The summed E-state index contributed by atoms with van der Waals surface area (Å²) < 4.78 is 0. The fraction of sp³-hybridized carbons (Fsp3) is 0.538. The van der Waals surface area contributed by atoms with Gasteiger partial charge in [0.1, 0.15) is 5.82 Å². The van der Waals surface area contributed by atoms with Gasteiger partial charge >= 0.3 is 0 Å². The third-order valence-electron chi connectivity index (χ3n) is 3.69. The number of aromatic nitrogens is 1. The Labute approximate surface area is 113 Å². The molecule has 3 N–H and O–H groups in total. The van der Waals surface area contributed by atoms with E-state index in [1.807, 2.05) is 4.90 Å². The summed E-state index contributed by atoms with van der Waals surface area (Å²) in [6, 6.07) is 3.90. The van der Waals surface area contributed by atoms with Crippen molar-refractivity contribution in [1.82, 2.24) is 14.8 Å². The van der Waals surface area contributed by atoms with E-state index < -0.39 is 0 Å². The van der Waals surface area contributed by atoms with Gasteiger partial charge in [-0.1, -0.05) is 6.92 Å².